The summed E-state index contributed by atoms with van der Waals surface area (Å²) < 4.78 is 0. The normalized spacial score (nSPS) is 14.8. The van der Waals surface area contributed by atoms with Gasteiger partial charge in [-0.25, -0.2) is 0 Å². The number of fused-ring (bicyclic) bond motifs is 1. The average Bonchev–Trinajstić information content (AvgIpc) is 2.91. The summed E-state index contributed by atoms with van der Waals surface area (Å²) in [5.41, 5.74) is 3.29. The molecule has 1 aliphatic rings. The third-order valence-corrected chi connectivity index (χ3v) is 3.68. The number of carbonyl (C=O) groups excluding carboxylic acids is 1. The molecule has 1 atom stereocenters. The van der Waals surface area contributed by atoms with Gasteiger partial charge in [0, 0.05) is 17.9 Å². The first-order valence-corrected chi connectivity index (χ1v) is 6.96. The molecule has 3 nitrogen and oxygen atoms in total. The van der Waals surface area contributed by atoms with Crippen LogP contribution in [0.1, 0.15) is 12.5 Å². The highest BCUT2D eigenvalue weighted by molar-refractivity contribution is 6.00. The zero-order chi connectivity index (χ0) is 13.9. The van der Waals surface area contributed by atoms with Crippen LogP contribution >= 0.6 is 0 Å². The Balaban J connectivity index is 1.74. The van der Waals surface area contributed by atoms with Gasteiger partial charge in [-0.3, -0.25) is 4.79 Å². The van der Waals surface area contributed by atoms with Gasteiger partial charge in [0.15, 0.2) is 0 Å². The molecule has 0 unspecified atom stereocenters. The van der Waals surface area contributed by atoms with Crippen molar-refractivity contribution >= 4 is 17.3 Å². The third-order valence-electron chi connectivity index (χ3n) is 3.68. The van der Waals surface area contributed by atoms with E-state index in [1.54, 1.807) is 0 Å². The standard InChI is InChI=1S/C17H18N2O/c1-13(18-15-8-3-2-4-9-15)17(20)19-12-11-14-7-5-6-10-16(14)19/h2-10,13,18H,11-12H2,1H3/t13-/m1/s1. The molecule has 1 N–H and O–H groups in total. The molecule has 3 rings (SSSR count). The highest BCUT2D eigenvalue weighted by Crippen LogP contribution is 2.28. The van der Waals surface area contributed by atoms with Crippen molar-refractivity contribution in [2.45, 2.75) is 19.4 Å². The molecule has 1 aliphatic heterocycles. The molecule has 1 amide bonds. The van der Waals surface area contributed by atoms with Crippen LogP contribution in [-0.4, -0.2) is 18.5 Å². The number of rotatable bonds is 3. The van der Waals surface area contributed by atoms with Crippen molar-refractivity contribution < 1.29 is 4.79 Å². The molecule has 0 saturated heterocycles. The predicted molar refractivity (Wildman–Crippen MR) is 82.0 cm³/mol. The largest absolute Gasteiger partial charge is 0.374 e. The zero-order valence-corrected chi connectivity index (χ0v) is 11.5. The summed E-state index contributed by atoms with van der Waals surface area (Å²) in [5, 5.41) is 3.26. The predicted octanol–water partition coefficient (Wildman–Crippen LogP) is 3.08. The first kappa shape index (κ1) is 12.7. The maximum Gasteiger partial charge on any atom is 0.249 e. The van der Waals surface area contributed by atoms with Gasteiger partial charge in [0.1, 0.15) is 6.04 Å². The molecule has 0 radical (unpaired) electrons. The molecule has 0 spiro atoms. The van der Waals surface area contributed by atoms with Gasteiger partial charge in [-0.15, -0.1) is 0 Å². The fraction of sp³-hybridized carbons (Fsp3) is 0.235. The van der Waals surface area contributed by atoms with E-state index in [-0.39, 0.29) is 11.9 Å². The van der Waals surface area contributed by atoms with E-state index in [1.807, 2.05) is 60.4 Å². The number of hydrogen-bond acceptors (Lipinski definition) is 2. The van der Waals surface area contributed by atoms with Gasteiger partial charge in [0.25, 0.3) is 0 Å². The maximum atomic E-state index is 12.6. The molecule has 102 valence electrons. The minimum atomic E-state index is -0.233. The van der Waals surface area contributed by atoms with E-state index in [0.29, 0.717) is 0 Å². The quantitative estimate of drug-likeness (QED) is 0.926. The Bertz CT molecular complexity index is 609. The molecule has 0 saturated carbocycles. The summed E-state index contributed by atoms with van der Waals surface area (Å²) in [5.74, 6) is 0.124. The lowest BCUT2D eigenvalue weighted by atomic mass is 10.2. The van der Waals surface area contributed by atoms with Crippen LogP contribution in [0.25, 0.3) is 0 Å². The molecule has 2 aromatic rings. The van der Waals surface area contributed by atoms with Crippen molar-refractivity contribution in [3.8, 4) is 0 Å². The maximum absolute atomic E-state index is 12.6. The molecule has 0 bridgehead atoms. The number of carbonyl (C=O) groups is 1. The molecule has 20 heavy (non-hydrogen) atoms. The van der Waals surface area contributed by atoms with E-state index in [1.165, 1.54) is 5.56 Å². The molecule has 0 aromatic heterocycles. The van der Waals surface area contributed by atoms with E-state index < -0.39 is 0 Å². The van der Waals surface area contributed by atoms with Crippen molar-refractivity contribution in [1.82, 2.24) is 0 Å². The Morgan fingerprint density at radius 1 is 1.10 bits per heavy atom. The average molecular weight is 266 g/mol. The van der Waals surface area contributed by atoms with E-state index >= 15 is 0 Å². The lowest BCUT2D eigenvalue weighted by Gasteiger charge is -2.23. The van der Waals surface area contributed by atoms with E-state index in [4.69, 9.17) is 0 Å². The van der Waals surface area contributed by atoms with Gasteiger partial charge in [0.05, 0.1) is 0 Å². The highest BCUT2D eigenvalue weighted by Gasteiger charge is 2.27. The second-order valence-electron chi connectivity index (χ2n) is 5.10. The van der Waals surface area contributed by atoms with E-state index in [0.717, 1.165) is 24.3 Å². The lowest BCUT2D eigenvalue weighted by molar-refractivity contribution is -0.118. The van der Waals surface area contributed by atoms with Crippen molar-refractivity contribution in [2.75, 3.05) is 16.8 Å². The molecule has 3 heteroatoms. The number of para-hydroxylation sites is 2. The van der Waals surface area contributed by atoms with E-state index in [2.05, 4.69) is 11.4 Å². The van der Waals surface area contributed by atoms with Gasteiger partial charge in [-0.2, -0.15) is 0 Å². The molecular formula is C17H18N2O. The molecule has 0 aliphatic carbocycles. The first-order valence-electron chi connectivity index (χ1n) is 6.96. The van der Waals surface area contributed by atoms with Crippen molar-refractivity contribution in [3.63, 3.8) is 0 Å². The van der Waals surface area contributed by atoms with Crippen molar-refractivity contribution in [2.24, 2.45) is 0 Å². The van der Waals surface area contributed by atoms with Gasteiger partial charge in [0.2, 0.25) is 5.91 Å². The summed E-state index contributed by atoms with van der Waals surface area (Å²) in [7, 11) is 0. The van der Waals surface area contributed by atoms with Gasteiger partial charge >= 0.3 is 0 Å². The second-order valence-corrected chi connectivity index (χ2v) is 5.10. The monoisotopic (exact) mass is 266 g/mol. The minimum absolute atomic E-state index is 0.124. The van der Waals surface area contributed by atoms with Gasteiger partial charge in [-0.1, -0.05) is 36.4 Å². The third kappa shape index (κ3) is 2.39. The van der Waals surface area contributed by atoms with Crippen LogP contribution in [0.3, 0.4) is 0 Å². The van der Waals surface area contributed by atoms with Crippen LogP contribution in [0, 0.1) is 0 Å². The van der Waals surface area contributed by atoms with Gasteiger partial charge < -0.3 is 10.2 Å². The summed E-state index contributed by atoms with van der Waals surface area (Å²) in [6, 6.07) is 17.7. The Kier molecular flexibility index (Phi) is 3.42. The number of nitrogens with one attached hydrogen (secondary N) is 1. The Labute approximate surface area is 119 Å². The SMILES string of the molecule is C[C@@H](Nc1ccccc1)C(=O)N1CCc2ccccc21. The fourth-order valence-corrected chi connectivity index (χ4v) is 2.65. The highest BCUT2D eigenvalue weighted by atomic mass is 16.2. The number of hydrogen-bond donors (Lipinski definition) is 1. The summed E-state index contributed by atoms with van der Waals surface area (Å²) in [4.78, 5) is 14.5. The number of anilines is 2. The number of nitrogens with zero attached hydrogens (tertiary/aromatic N) is 1. The van der Waals surface area contributed by atoms with Crippen LogP contribution in [-0.2, 0) is 11.2 Å². The van der Waals surface area contributed by atoms with Crippen LogP contribution in [0.2, 0.25) is 0 Å². The molecular weight excluding hydrogens is 248 g/mol. The summed E-state index contributed by atoms with van der Waals surface area (Å²) in [6.45, 7) is 2.69. The number of benzene rings is 2. The summed E-state index contributed by atoms with van der Waals surface area (Å²) >= 11 is 0. The smallest absolute Gasteiger partial charge is 0.249 e. The van der Waals surface area contributed by atoms with Crippen LogP contribution in [0.5, 0.6) is 0 Å². The minimum Gasteiger partial charge on any atom is -0.374 e. The van der Waals surface area contributed by atoms with Crippen LogP contribution in [0.15, 0.2) is 54.6 Å². The zero-order valence-electron chi connectivity index (χ0n) is 11.5. The topological polar surface area (TPSA) is 32.3 Å². The van der Waals surface area contributed by atoms with Crippen LogP contribution < -0.4 is 10.2 Å². The Hall–Kier alpha value is -2.29. The summed E-state index contributed by atoms with van der Waals surface area (Å²) in [6.07, 6.45) is 0.944. The van der Waals surface area contributed by atoms with Crippen LogP contribution in [0.4, 0.5) is 11.4 Å². The lowest BCUT2D eigenvalue weighted by Crippen LogP contribution is -2.40. The molecule has 1 heterocycles. The fourth-order valence-electron chi connectivity index (χ4n) is 2.65. The Morgan fingerprint density at radius 3 is 2.60 bits per heavy atom. The van der Waals surface area contributed by atoms with Crippen molar-refractivity contribution in [1.29, 1.82) is 0 Å². The second kappa shape index (κ2) is 5.37. The molecule has 2 aromatic carbocycles. The van der Waals surface area contributed by atoms with Gasteiger partial charge in [-0.05, 0) is 37.1 Å². The van der Waals surface area contributed by atoms with E-state index in [9.17, 15) is 4.79 Å². The first-order chi connectivity index (χ1) is 9.75. The van der Waals surface area contributed by atoms with Crippen molar-refractivity contribution in [3.05, 3.63) is 60.2 Å². The number of amides is 1. The Morgan fingerprint density at radius 2 is 1.80 bits per heavy atom. The molecule has 0 fully saturated rings.